The van der Waals surface area contributed by atoms with Crippen LogP contribution in [0, 0.1) is 6.92 Å². The third kappa shape index (κ3) is 4.87. The molecule has 0 saturated carbocycles. The first-order valence-corrected chi connectivity index (χ1v) is 7.31. The number of hydrogen-bond acceptors (Lipinski definition) is 3. The van der Waals surface area contributed by atoms with Crippen LogP contribution in [0.1, 0.15) is 17.4 Å². The molecular weight excluding hydrogens is 325 g/mol. The van der Waals surface area contributed by atoms with Gasteiger partial charge in [-0.3, -0.25) is 4.98 Å². The Morgan fingerprint density at radius 3 is 2.59 bits per heavy atom. The van der Waals surface area contributed by atoms with Gasteiger partial charge < -0.3 is 15.7 Å². The van der Waals surface area contributed by atoms with Gasteiger partial charge in [0, 0.05) is 34.2 Å². The number of hydrogen-bond donors (Lipinski definition) is 3. The van der Waals surface area contributed by atoms with Crippen LogP contribution in [-0.4, -0.2) is 22.7 Å². The van der Waals surface area contributed by atoms with Crippen molar-refractivity contribution >= 4 is 34.9 Å². The van der Waals surface area contributed by atoms with E-state index in [0.29, 0.717) is 21.3 Å². The van der Waals surface area contributed by atoms with Crippen LogP contribution in [0.2, 0.25) is 10.0 Å². The van der Waals surface area contributed by atoms with Gasteiger partial charge >= 0.3 is 6.03 Å². The Bertz CT molecular complexity index is 659. The van der Waals surface area contributed by atoms with E-state index in [9.17, 15) is 9.90 Å². The second-order valence-electron chi connectivity index (χ2n) is 4.74. The van der Waals surface area contributed by atoms with Crippen molar-refractivity contribution in [2.75, 3.05) is 11.9 Å². The van der Waals surface area contributed by atoms with Crippen molar-refractivity contribution in [1.82, 2.24) is 10.3 Å². The monoisotopic (exact) mass is 339 g/mol. The summed E-state index contributed by atoms with van der Waals surface area (Å²) in [5.74, 6) is 0. The zero-order chi connectivity index (χ0) is 16.1. The summed E-state index contributed by atoms with van der Waals surface area (Å²) >= 11 is 11.8. The Kier molecular flexibility index (Phi) is 5.60. The van der Waals surface area contributed by atoms with Gasteiger partial charge in [-0.25, -0.2) is 4.79 Å². The summed E-state index contributed by atoms with van der Waals surface area (Å²) in [7, 11) is 0. The second kappa shape index (κ2) is 7.45. The van der Waals surface area contributed by atoms with Crippen LogP contribution >= 0.6 is 23.2 Å². The summed E-state index contributed by atoms with van der Waals surface area (Å²) in [5, 5.41) is 16.2. The van der Waals surface area contributed by atoms with Gasteiger partial charge in [0.05, 0.1) is 6.10 Å². The highest BCUT2D eigenvalue weighted by atomic mass is 35.5. The first-order chi connectivity index (χ1) is 10.4. The van der Waals surface area contributed by atoms with Crippen molar-refractivity contribution in [1.29, 1.82) is 0 Å². The lowest BCUT2D eigenvalue weighted by Gasteiger charge is -2.14. The number of aliphatic hydroxyl groups is 1. The summed E-state index contributed by atoms with van der Waals surface area (Å²) in [5.41, 5.74) is 1.97. The topological polar surface area (TPSA) is 74.2 Å². The first-order valence-electron chi connectivity index (χ1n) is 6.55. The molecule has 0 aliphatic heterocycles. The molecule has 0 fully saturated rings. The molecular formula is C15H15Cl2N3O2. The molecule has 1 aromatic carbocycles. The minimum absolute atomic E-state index is 0.0343. The molecule has 22 heavy (non-hydrogen) atoms. The van der Waals surface area contributed by atoms with Crippen LogP contribution in [0.25, 0.3) is 0 Å². The summed E-state index contributed by atoms with van der Waals surface area (Å²) in [6.45, 7) is 1.86. The van der Waals surface area contributed by atoms with Crippen molar-refractivity contribution < 1.29 is 9.90 Å². The quantitative estimate of drug-likeness (QED) is 0.797. The highest BCUT2D eigenvalue weighted by Crippen LogP contribution is 2.23. The number of anilines is 1. The smallest absolute Gasteiger partial charge is 0.319 e. The number of carbonyl (C=O) groups excluding carboxylic acids is 1. The molecule has 2 aromatic rings. The number of halogens is 2. The van der Waals surface area contributed by atoms with Gasteiger partial charge in [0.25, 0.3) is 0 Å². The number of nitrogens with one attached hydrogen (secondary N) is 2. The fourth-order valence-electron chi connectivity index (χ4n) is 1.87. The van der Waals surface area contributed by atoms with Crippen molar-refractivity contribution in [3.8, 4) is 0 Å². The molecule has 2 amide bonds. The molecule has 0 aliphatic carbocycles. The number of urea groups is 1. The lowest BCUT2D eigenvalue weighted by molar-refractivity contribution is 0.175. The van der Waals surface area contributed by atoms with E-state index in [1.807, 2.05) is 6.92 Å². The second-order valence-corrected chi connectivity index (χ2v) is 5.61. The average Bonchev–Trinajstić information content (AvgIpc) is 2.43. The Hall–Kier alpha value is -1.82. The molecule has 1 unspecified atom stereocenters. The number of pyridine rings is 1. The van der Waals surface area contributed by atoms with E-state index in [1.165, 1.54) is 0 Å². The molecule has 116 valence electrons. The van der Waals surface area contributed by atoms with Gasteiger partial charge in [-0.15, -0.1) is 0 Å². The number of aliphatic hydroxyl groups excluding tert-OH is 1. The number of amides is 2. The Morgan fingerprint density at radius 1 is 1.27 bits per heavy atom. The van der Waals surface area contributed by atoms with Crippen LogP contribution in [0.3, 0.4) is 0 Å². The van der Waals surface area contributed by atoms with Gasteiger partial charge in [-0.2, -0.15) is 0 Å². The molecule has 0 bridgehead atoms. The minimum Gasteiger partial charge on any atom is -0.387 e. The fraction of sp³-hybridized carbons (Fsp3) is 0.200. The van der Waals surface area contributed by atoms with E-state index in [4.69, 9.17) is 23.2 Å². The van der Waals surface area contributed by atoms with Gasteiger partial charge in [0.15, 0.2) is 0 Å². The SMILES string of the molecule is Cc1cc(NC(=O)NCC(O)c2cc(Cl)cc(Cl)c2)ccn1. The normalized spacial score (nSPS) is 11.8. The molecule has 1 heterocycles. The van der Waals surface area contributed by atoms with Gasteiger partial charge in [-0.05, 0) is 42.8 Å². The van der Waals surface area contributed by atoms with Gasteiger partial charge in [0.1, 0.15) is 0 Å². The number of rotatable bonds is 4. The van der Waals surface area contributed by atoms with E-state index in [1.54, 1.807) is 36.5 Å². The number of aromatic nitrogens is 1. The van der Waals surface area contributed by atoms with E-state index in [-0.39, 0.29) is 6.54 Å². The molecule has 0 saturated heterocycles. The highest BCUT2D eigenvalue weighted by molar-refractivity contribution is 6.34. The maximum absolute atomic E-state index is 11.8. The Balaban J connectivity index is 1.90. The average molecular weight is 340 g/mol. The number of benzene rings is 1. The lowest BCUT2D eigenvalue weighted by Crippen LogP contribution is -2.32. The Morgan fingerprint density at radius 2 is 1.95 bits per heavy atom. The summed E-state index contributed by atoms with van der Waals surface area (Å²) in [6.07, 6.45) is 0.703. The number of carbonyl (C=O) groups is 1. The predicted molar refractivity (Wildman–Crippen MR) is 87.4 cm³/mol. The molecule has 1 aromatic heterocycles. The molecule has 7 heteroatoms. The maximum Gasteiger partial charge on any atom is 0.319 e. The first kappa shape index (κ1) is 16.5. The van der Waals surface area contributed by atoms with E-state index in [0.717, 1.165) is 5.69 Å². The van der Waals surface area contributed by atoms with Crippen LogP contribution in [0.15, 0.2) is 36.5 Å². The largest absolute Gasteiger partial charge is 0.387 e. The molecule has 1 atom stereocenters. The van der Waals surface area contributed by atoms with Crippen LogP contribution < -0.4 is 10.6 Å². The van der Waals surface area contributed by atoms with Crippen molar-refractivity contribution in [3.63, 3.8) is 0 Å². The van der Waals surface area contributed by atoms with Crippen LogP contribution in [-0.2, 0) is 0 Å². The van der Waals surface area contributed by atoms with E-state index < -0.39 is 12.1 Å². The summed E-state index contributed by atoms with van der Waals surface area (Å²) in [6, 6.07) is 7.78. The molecule has 0 spiro atoms. The zero-order valence-electron chi connectivity index (χ0n) is 11.8. The molecule has 5 nitrogen and oxygen atoms in total. The molecule has 0 aliphatic rings. The third-order valence-electron chi connectivity index (χ3n) is 2.88. The third-order valence-corrected chi connectivity index (χ3v) is 3.32. The van der Waals surface area contributed by atoms with Crippen molar-refractivity contribution in [3.05, 3.63) is 57.8 Å². The van der Waals surface area contributed by atoms with E-state index >= 15 is 0 Å². The zero-order valence-corrected chi connectivity index (χ0v) is 13.3. The molecule has 2 rings (SSSR count). The molecule has 0 radical (unpaired) electrons. The fourth-order valence-corrected chi connectivity index (χ4v) is 2.42. The number of nitrogens with zero attached hydrogens (tertiary/aromatic N) is 1. The predicted octanol–water partition coefficient (Wildman–Crippen LogP) is 3.55. The number of aryl methyl sites for hydroxylation is 1. The lowest BCUT2D eigenvalue weighted by atomic mass is 10.1. The van der Waals surface area contributed by atoms with Crippen molar-refractivity contribution in [2.45, 2.75) is 13.0 Å². The minimum atomic E-state index is -0.902. The standard InChI is InChI=1S/C15H15Cl2N3O2/c1-9-4-13(2-3-18-9)20-15(22)19-8-14(21)10-5-11(16)7-12(17)6-10/h2-7,14,21H,8H2,1H3,(H2,18,19,20,22). The van der Waals surface area contributed by atoms with Crippen molar-refractivity contribution in [2.24, 2.45) is 0 Å². The van der Waals surface area contributed by atoms with Crippen LogP contribution in [0.4, 0.5) is 10.5 Å². The summed E-state index contributed by atoms with van der Waals surface area (Å²) < 4.78 is 0. The summed E-state index contributed by atoms with van der Waals surface area (Å²) in [4.78, 5) is 15.8. The molecule has 3 N–H and O–H groups in total. The highest BCUT2D eigenvalue weighted by Gasteiger charge is 2.11. The van der Waals surface area contributed by atoms with E-state index in [2.05, 4.69) is 15.6 Å². The van der Waals surface area contributed by atoms with Gasteiger partial charge in [0.2, 0.25) is 0 Å². The van der Waals surface area contributed by atoms with Crippen LogP contribution in [0.5, 0.6) is 0 Å². The maximum atomic E-state index is 11.8. The Labute approximate surface area is 138 Å². The van der Waals surface area contributed by atoms with Gasteiger partial charge in [-0.1, -0.05) is 23.2 Å².